The zero-order valence-electron chi connectivity index (χ0n) is 21.5. The van der Waals surface area contributed by atoms with Gasteiger partial charge in [-0.15, -0.1) is 0 Å². The molecule has 0 saturated carbocycles. The first kappa shape index (κ1) is 26.5. The van der Waals surface area contributed by atoms with Crippen LogP contribution in [0.1, 0.15) is 28.9 Å². The third kappa shape index (κ3) is 5.02. The van der Waals surface area contributed by atoms with Gasteiger partial charge in [-0.3, -0.25) is 4.79 Å². The van der Waals surface area contributed by atoms with E-state index in [1.807, 2.05) is 12.1 Å². The third-order valence-electron chi connectivity index (χ3n) is 6.73. The molecular weight excluding hydrogens is 510 g/mol. The normalized spacial score (nSPS) is 15.6. The maximum atomic E-state index is 15.9. The molecule has 2 N–H and O–H groups in total. The predicted molar refractivity (Wildman–Crippen MR) is 142 cm³/mol. The van der Waals surface area contributed by atoms with Gasteiger partial charge in [0.05, 0.1) is 18.6 Å². The van der Waals surface area contributed by atoms with Crippen molar-refractivity contribution in [1.29, 1.82) is 0 Å². The fraction of sp³-hybridized carbons (Fsp3) is 0.321. The number of aryl methyl sites for hydroxylation is 1. The van der Waals surface area contributed by atoms with Gasteiger partial charge in [0.1, 0.15) is 40.6 Å². The molecule has 3 heterocycles. The molecule has 9 nitrogen and oxygen atoms in total. The van der Waals surface area contributed by atoms with Crippen molar-refractivity contribution in [3.8, 4) is 5.75 Å². The predicted octanol–water partition coefficient (Wildman–Crippen LogP) is 3.06. The van der Waals surface area contributed by atoms with E-state index in [-0.39, 0.29) is 59.0 Å². The highest BCUT2D eigenvalue weighted by molar-refractivity contribution is 5.97. The number of ether oxygens (including phenoxy) is 2. The van der Waals surface area contributed by atoms with Crippen molar-refractivity contribution in [2.24, 2.45) is 7.05 Å². The fourth-order valence-corrected chi connectivity index (χ4v) is 4.90. The van der Waals surface area contributed by atoms with E-state index in [2.05, 4.69) is 10.3 Å². The topological polar surface area (TPSA) is 106 Å². The van der Waals surface area contributed by atoms with Crippen LogP contribution in [-0.2, 0) is 11.8 Å². The second kappa shape index (κ2) is 11.0. The van der Waals surface area contributed by atoms with Crippen LogP contribution in [0.3, 0.4) is 0 Å². The van der Waals surface area contributed by atoms with Gasteiger partial charge in [0, 0.05) is 44.3 Å². The molecule has 1 fully saturated rings. The lowest BCUT2D eigenvalue weighted by Gasteiger charge is -2.36. The van der Waals surface area contributed by atoms with Gasteiger partial charge in [0.15, 0.2) is 5.82 Å². The first-order valence-electron chi connectivity index (χ1n) is 12.6. The summed E-state index contributed by atoms with van der Waals surface area (Å²) >= 11 is 0. The minimum Gasteiger partial charge on any atom is -0.491 e. The summed E-state index contributed by atoms with van der Waals surface area (Å²) in [5.41, 5.74) is 0.0482. The number of benzene rings is 2. The Morgan fingerprint density at radius 3 is 2.72 bits per heavy atom. The number of nitrogens with one attached hydrogen (secondary N) is 1. The van der Waals surface area contributed by atoms with Gasteiger partial charge < -0.3 is 29.4 Å². The summed E-state index contributed by atoms with van der Waals surface area (Å²) in [7, 11) is 1.59. The molecule has 1 aliphatic rings. The number of carbonyl (C=O) groups excluding carboxylic acids is 1. The SMILES string of the molecule is CCOC(=O)c1cn(C)c2nc3c(F)c(N4CCNC(c5ccc(OCCO)cc5)C4)c(F)cc3cc2c1=O. The van der Waals surface area contributed by atoms with E-state index in [4.69, 9.17) is 14.6 Å². The summed E-state index contributed by atoms with van der Waals surface area (Å²) < 4.78 is 43.2. The molecular formula is C28H28F2N4O5. The van der Waals surface area contributed by atoms with E-state index in [1.165, 1.54) is 22.9 Å². The second-order valence-corrected chi connectivity index (χ2v) is 9.25. The number of anilines is 1. The Morgan fingerprint density at radius 2 is 2.00 bits per heavy atom. The minimum atomic E-state index is -0.817. The molecule has 1 saturated heterocycles. The molecule has 1 aliphatic heterocycles. The number of aliphatic hydroxyl groups excluding tert-OH is 1. The van der Waals surface area contributed by atoms with Crippen LogP contribution in [0.4, 0.5) is 14.5 Å². The maximum absolute atomic E-state index is 15.9. The van der Waals surface area contributed by atoms with Crippen molar-refractivity contribution in [3.63, 3.8) is 0 Å². The van der Waals surface area contributed by atoms with Crippen LogP contribution in [-0.4, -0.2) is 60.1 Å². The van der Waals surface area contributed by atoms with E-state index in [0.29, 0.717) is 25.4 Å². The summed E-state index contributed by atoms with van der Waals surface area (Å²) in [6, 6.07) is 9.66. The number of esters is 1. The summed E-state index contributed by atoms with van der Waals surface area (Å²) in [5.74, 6) is -1.74. The number of halogens is 2. The van der Waals surface area contributed by atoms with Gasteiger partial charge >= 0.3 is 5.97 Å². The number of rotatable bonds is 7. The van der Waals surface area contributed by atoms with Crippen molar-refractivity contribution in [2.45, 2.75) is 13.0 Å². The number of fused-ring (bicyclic) bond motifs is 2. The van der Waals surface area contributed by atoms with Crippen molar-refractivity contribution in [3.05, 3.63) is 75.6 Å². The lowest BCUT2D eigenvalue weighted by Crippen LogP contribution is -2.46. The van der Waals surface area contributed by atoms with Crippen molar-refractivity contribution < 1.29 is 28.2 Å². The number of hydrogen-bond acceptors (Lipinski definition) is 8. The van der Waals surface area contributed by atoms with Crippen molar-refractivity contribution in [1.82, 2.24) is 14.9 Å². The largest absolute Gasteiger partial charge is 0.491 e. The quantitative estimate of drug-likeness (QED) is 0.273. The highest BCUT2D eigenvalue weighted by Crippen LogP contribution is 2.33. The third-order valence-corrected chi connectivity index (χ3v) is 6.73. The lowest BCUT2D eigenvalue weighted by molar-refractivity contribution is 0.0524. The molecule has 0 amide bonds. The smallest absolute Gasteiger partial charge is 0.343 e. The van der Waals surface area contributed by atoms with Gasteiger partial charge in [-0.1, -0.05) is 12.1 Å². The van der Waals surface area contributed by atoms with E-state index in [0.717, 1.165) is 5.56 Å². The molecule has 0 spiro atoms. The maximum Gasteiger partial charge on any atom is 0.343 e. The van der Waals surface area contributed by atoms with Crippen LogP contribution in [0.5, 0.6) is 5.75 Å². The first-order valence-corrected chi connectivity index (χ1v) is 12.6. The molecule has 204 valence electrons. The minimum absolute atomic E-state index is 0.0655. The Kier molecular flexibility index (Phi) is 7.45. The van der Waals surface area contributed by atoms with Gasteiger partial charge in [-0.25, -0.2) is 18.6 Å². The van der Waals surface area contributed by atoms with Crippen LogP contribution >= 0.6 is 0 Å². The summed E-state index contributed by atoms with van der Waals surface area (Å²) in [5, 5.41) is 12.5. The highest BCUT2D eigenvalue weighted by atomic mass is 19.1. The summed E-state index contributed by atoms with van der Waals surface area (Å²) in [6.07, 6.45) is 1.31. The molecule has 5 rings (SSSR count). The number of hydrogen-bond donors (Lipinski definition) is 2. The number of piperazine rings is 1. The Morgan fingerprint density at radius 1 is 1.23 bits per heavy atom. The van der Waals surface area contributed by atoms with E-state index < -0.39 is 23.0 Å². The monoisotopic (exact) mass is 538 g/mol. The molecule has 0 aliphatic carbocycles. The number of aliphatic hydroxyl groups is 1. The Bertz CT molecular complexity index is 1610. The zero-order valence-corrected chi connectivity index (χ0v) is 21.5. The van der Waals surface area contributed by atoms with Crippen LogP contribution in [0.2, 0.25) is 0 Å². The average molecular weight is 539 g/mol. The molecule has 2 aromatic heterocycles. The van der Waals surface area contributed by atoms with Crippen LogP contribution < -0.4 is 20.4 Å². The second-order valence-electron chi connectivity index (χ2n) is 9.25. The van der Waals surface area contributed by atoms with E-state index in [9.17, 15) is 9.59 Å². The summed E-state index contributed by atoms with van der Waals surface area (Å²) in [4.78, 5) is 31.3. The molecule has 0 radical (unpaired) electrons. The lowest BCUT2D eigenvalue weighted by atomic mass is 10.0. The van der Waals surface area contributed by atoms with Crippen LogP contribution in [0.25, 0.3) is 21.9 Å². The highest BCUT2D eigenvalue weighted by Gasteiger charge is 2.28. The van der Waals surface area contributed by atoms with Crippen molar-refractivity contribution >= 4 is 33.6 Å². The van der Waals surface area contributed by atoms with Gasteiger partial charge in [0.25, 0.3) is 0 Å². The standard InChI is InChI=1S/C28H28F2N4O5/c1-3-38-28(37)20-14-33(2)27-19(26(20)36)12-17-13-21(29)25(23(30)24(17)32-27)34-9-8-31-22(15-34)16-4-6-18(7-5-16)39-11-10-35/h4-7,12-14,22,31,35H,3,8-11,15H2,1-2H3. The number of pyridine rings is 2. The molecule has 1 atom stereocenters. The van der Waals surface area contributed by atoms with E-state index in [1.54, 1.807) is 31.0 Å². The summed E-state index contributed by atoms with van der Waals surface area (Å²) in [6.45, 7) is 3.03. The molecule has 0 bridgehead atoms. The van der Waals surface area contributed by atoms with Gasteiger partial charge in [-0.05, 0) is 36.8 Å². The first-order chi connectivity index (χ1) is 18.8. The number of nitrogens with zero attached hydrogens (tertiary/aromatic N) is 3. The molecule has 2 aromatic carbocycles. The van der Waals surface area contributed by atoms with Gasteiger partial charge in [0.2, 0.25) is 5.43 Å². The van der Waals surface area contributed by atoms with E-state index >= 15 is 8.78 Å². The number of aromatic nitrogens is 2. The Hall–Kier alpha value is -4.09. The van der Waals surface area contributed by atoms with Crippen LogP contribution in [0.15, 0.2) is 47.4 Å². The Labute approximate surface area is 222 Å². The number of carbonyl (C=O) groups is 1. The zero-order chi connectivity index (χ0) is 27.7. The molecule has 1 unspecified atom stereocenters. The molecule has 11 heteroatoms. The molecule has 4 aromatic rings. The average Bonchev–Trinajstić information content (AvgIpc) is 2.94. The Balaban J connectivity index is 1.51. The van der Waals surface area contributed by atoms with Gasteiger partial charge in [-0.2, -0.15) is 0 Å². The van der Waals surface area contributed by atoms with Crippen LogP contribution in [0, 0.1) is 11.6 Å². The molecule has 39 heavy (non-hydrogen) atoms. The van der Waals surface area contributed by atoms with Crippen molar-refractivity contribution in [2.75, 3.05) is 44.4 Å². The fourth-order valence-electron chi connectivity index (χ4n) is 4.90.